The van der Waals surface area contributed by atoms with Gasteiger partial charge in [0.05, 0.1) is 0 Å². The van der Waals surface area contributed by atoms with E-state index in [1.165, 1.54) is 12.1 Å². The molecule has 0 saturated carbocycles. The molecule has 3 rings (SSSR count). The Morgan fingerprint density at radius 1 is 1.27 bits per heavy atom. The highest BCUT2D eigenvalue weighted by molar-refractivity contribution is 5.92. The Labute approximate surface area is 134 Å². The lowest BCUT2D eigenvalue weighted by atomic mass is 10.2. The Hall–Kier alpha value is -1.85. The first-order valence-electron chi connectivity index (χ1n) is 7.02. The second-order valence-electron chi connectivity index (χ2n) is 5.22. The van der Waals surface area contributed by atoms with Gasteiger partial charge in [0.2, 0.25) is 0 Å². The summed E-state index contributed by atoms with van der Waals surface area (Å²) in [5.74, 6) is 0.498. The van der Waals surface area contributed by atoms with E-state index in [-0.39, 0.29) is 30.2 Å². The van der Waals surface area contributed by atoms with Crippen LogP contribution in [0.25, 0.3) is 11.3 Å². The third-order valence-electron chi connectivity index (χ3n) is 3.71. The van der Waals surface area contributed by atoms with Crippen molar-refractivity contribution in [1.29, 1.82) is 0 Å². The number of amides is 1. The number of piperazine rings is 1. The van der Waals surface area contributed by atoms with Crippen LogP contribution in [0.3, 0.4) is 0 Å². The van der Waals surface area contributed by atoms with Crippen LogP contribution in [0.1, 0.15) is 17.5 Å². The van der Waals surface area contributed by atoms with Gasteiger partial charge in [0, 0.05) is 31.2 Å². The third-order valence-corrected chi connectivity index (χ3v) is 3.71. The number of benzene rings is 1. The molecule has 1 N–H and O–H groups in total. The van der Waals surface area contributed by atoms with E-state index in [2.05, 4.69) is 5.32 Å². The molecule has 22 heavy (non-hydrogen) atoms. The molecule has 2 aromatic rings. The number of hydrogen-bond donors (Lipinski definition) is 1. The molecule has 1 atom stereocenters. The molecule has 0 spiro atoms. The minimum atomic E-state index is -0.295. The van der Waals surface area contributed by atoms with Crippen molar-refractivity contribution in [3.05, 3.63) is 48.0 Å². The number of carbonyl (C=O) groups is 1. The van der Waals surface area contributed by atoms with E-state index < -0.39 is 0 Å². The van der Waals surface area contributed by atoms with Crippen molar-refractivity contribution in [2.45, 2.75) is 13.0 Å². The Kier molecular flexibility index (Phi) is 5.21. The summed E-state index contributed by atoms with van der Waals surface area (Å²) in [6.07, 6.45) is 0. The molecule has 1 aliphatic heterocycles. The highest BCUT2D eigenvalue weighted by Crippen LogP contribution is 2.23. The fraction of sp³-hybridized carbons (Fsp3) is 0.312. The van der Waals surface area contributed by atoms with Crippen LogP contribution in [0.4, 0.5) is 4.39 Å². The largest absolute Gasteiger partial charge is 0.451 e. The van der Waals surface area contributed by atoms with Crippen LogP contribution in [0, 0.1) is 5.82 Å². The molecule has 6 heteroatoms. The maximum Gasteiger partial charge on any atom is 0.289 e. The van der Waals surface area contributed by atoms with E-state index in [9.17, 15) is 9.18 Å². The smallest absolute Gasteiger partial charge is 0.289 e. The summed E-state index contributed by atoms with van der Waals surface area (Å²) in [7, 11) is 0. The van der Waals surface area contributed by atoms with Gasteiger partial charge in [-0.2, -0.15) is 0 Å². The standard InChI is InChI=1S/C16H17FN2O2.ClH/c1-11-10-18-8-9-19(11)16(20)15-7-6-14(21-15)12-2-4-13(17)5-3-12;/h2-7,11,18H,8-10H2,1H3;1H/t11-;/m0./s1. The number of furan rings is 1. The highest BCUT2D eigenvalue weighted by atomic mass is 35.5. The van der Waals surface area contributed by atoms with Gasteiger partial charge in [0.1, 0.15) is 11.6 Å². The van der Waals surface area contributed by atoms with Gasteiger partial charge in [-0.05, 0) is 43.3 Å². The highest BCUT2D eigenvalue weighted by Gasteiger charge is 2.26. The predicted molar refractivity (Wildman–Crippen MR) is 84.7 cm³/mol. The van der Waals surface area contributed by atoms with Crippen molar-refractivity contribution < 1.29 is 13.6 Å². The first-order chi connectivity index (χ1) is 10.1. The third kappa shape index (κ3) is 3.31. The molecule has 1 aliphatic rings. The first kappa shape index (κ1) is 16.5. The van der Waals surface area contributed by atoms with Crippen LogP contribution >= 0.6 is 12.4 Å². The van der Waals surface area contributed by atoms with Gasteiger partial charge in [-0.25, -0.2) is 4.39 Å². The summed E-state index contributed by atoms with van der Waals surface area (Å²) >= 11 is 0. The molecule has 0 bridgehead atoms. The Bertz CT molecular complexity index is 642. The zero-order valence-corrected chi connectivity index (χ0v) is 13.0. The minimum Gasteiger partial charge on any atom is -0.451 e. The SMILES string of the molecule is C[C@H]1CNCCN1C(=O)c1ccc(-c2ccc(F)cc2)o1.Cl. The average Bonchev–Trinajstić information content (AvgIpc) is 2.98. The van der Waals surface area contributed by atoms with Crippen molar-refractivity contribution in [3.63, 3.8) is 0 Å². The number of rotatable bonds is 2. The average molecular weight is 325 g/mol. The lowest BCUT2D eigenvalue weighted by molar-refractivity contribution is 0.0624. The predicted octanol–water partition coefficient (Wildman–Crippen LogP) is 2.94. The summed E-state index contributed by atoms with van der Waals surface area (Å²) in [5, 5.41) is 3.25. The number of carbonyl (C=O) groups excluding carboxylic acids is 1. The van der Waals surface area contributed by atoms with Gasteiger partial charge in [-0.1, -0.05) is 0 Å². The van der Waals surface area contributed by atoms with Gasteiger partial charge < -0.3 is 14.6 Å². The molecule has 1 aromatic carbocycles. The maximum absolute atomic E-state index is 12.9. The molecular formula is C16H18ClFN2O2. The molecule has 4 nitrogen and oxygen atoms in total. The first-order valence-corrected chi connectivity index (χ1v) is 7.02. The molecular weight excluding hydrogens is 307 g/mol. The second kappa shape index (κ2) is 6.94. The van der Waals surface area contributed by atoms with E-state index >= 15 is 0 Å². The molecule has 0 unspecified atom stereocenters. The Morgan fingerprint density at radius 3 is 2.68 bits per heavy atom. The van der Waals surface area contributed by atoms with Gasteiger partial charge in [0.25, 0.3) is 5.91 Å². The van der Waals surface area contributed by atoms with E-state index in [0.717, 1.165) is 18.7 Å². The molecule has 0 radical (unpaired) electrons. The van der Waals surface area contributed by atoms with Crippen molar-refractivity contribution in [1.82, 2.24) is 10.2 Å². The van der Waals surface area contributed by atoms with Crippen LogP contribution < -0.4 is 5.32 Å². The topological polar surface area (TPSA) is 45.5 Å². The summed E-state index contributed by atoms with van der Waals surface area (Å²) in [6.45, 7) is 4.26. The van der Waals surface area contributed by atoms with Crippen molar-refractivity contribution in [3.8, 4) is 11.3 Å². The van der Waals surface area contributed by atoms with Crippen LogP contribution in [0.15, 0.2) is 40.8 Å². The quantitative estimate of drug-likeness (QED) is 0.924. The molecule has 1 fully saturated rings. The lowest BCUT2D eigenvalue weighted by Crippen LogP contribution is -2.52. The molecule has 1 amide bonds. The zero-order valence-electron chi connectivity index (χ0n) is 12.2. The Morgan fingerprint density at radius 2 is 2.00 bits per heavy atom. The van der Waals surface area contributed by atoms with Crippen molar-refractivity contribution in [2.24, 2.45) is 0 Å². The normalized spacial score (nSPS) is 17.9. The Balaban J connectivity index is 0.00000176. The van der Waals surface area contributed by atoms with Crippen LogP contribution in [-0.2, 0) is 0 Å². The second-order valence-corrected chi connectivity index (χ2v) is 5.22. The summed E-state index contributed by atoms with van der Waals surface area (Å²) in [6, 6.07) is 9.58. The number of hydrogen-bond acceptors (Lipinski definition) is 3. The molecule has 2 heterocycles. The van der Waals surface area contributed by atoms with E-state index in [1.807, 2.05) is 11.8 Å². The van der Waals surface area contributed by atoms with Crippen molar-refractivity contribution >= 4 is 18.3 Å². The molecule has 118 valence electrons. The van der Waals surface area contributed by atoms with Crippen molar-refractivity contribution in [2.75, 3.05) is 19.6 Å². The van der Waals surface area contributed by atoms with Gasteiger partial charge in [-0.3, -0.25) is 4.79 Å². The lowest BCUT2D eigenvalue weighted by Gasteiger charge is -2.33. The van der Waals surface area contributed by atoms with E-state index in [0.29, 0.717) is 18.1 Å². The summed E-state index contributed by atoms with van der Waals surface area (Å²) < 4.78 is 18.6. The fourth-order valence-electron chi connectivity index (χ4n) is 2.51. The van der Waals surface area contributed by atoms with E-state index in [1.54, 1.807) is 24.3 Å². The van der Waals surface area contributed by atoms with Gasteiger partial charge in [-0.15, -0.1) is 12.4 Å². The van der Waals surface area contributed by atoms with Gasteiger partial charge in [0.15, 0.2) is 5.76 Å². The van der Waals surface area contributed by atoms with Crippen LogP contribution in [0.5, 0.6) is 0 Å². The van der Waals surface area contributed by atoms with Crippen LogP contribution in [0.2, 0.25) is 0 Å². The molecule has 0 aliphatic carbocycles. The number of nitrogens with one attached hydrogen (secondary N) is 1. The number of halogens is 2. The van der Waals surface area contributed by atoms with Gasteiger partial charge >= 0.3 is 0 Å². The summed E-state index contributed by atoms with van der Waals surface area (Å²) in [5.41, 5.74) is 0.754. The monoisotopic (exact) mass is 324 g/mol. The summed E-state index contributed by atoms with van der Waals surface area (Å²) in [4.78, 5) is 14.3. The zero-order chi connectivity index (χ0) is 14.8. The molecule has 1 saturated heterocycles. The minimum absolute atomic E-state index is 0. The van der Waals surface area contributed by atoms with E-state index in [4.69, 9.17) is 4.42 Å². The number of nitrogens with zero attached hydrogens (tertiary/aromatic N) is 1. The molecule has 1 aromatic heterocycles. The van der Waals surface area contributed by atoms with Crippen LogP contribution in [-0.4, -0.2) is 36.5 Å². The fourth-order valence-corrected chi connectivity index (χ4v) is 2.51. The maximum atomic E-state index is 12.9.